The predicted molar refractivity (Wildman–Crippen MR) is 98.6 cm³/mol. The van der Waals surface area contributed by atoms with Gasteiger partial charge in [0, 0.05) is 5.39 Å². The van der Waals surface area contributed by atoms with Gasteiger partial charge in [-0.1, -0.05) is 24.3 Å². The number of amides is 1. The Morgan fingerprint density at radius 1 is 1.11 bits per heavy atom. The highest BCUT2D eigenvalue weighted by molar-refractivity contribution is 7.12. The minimum Gasteiger partial charge on any atom is -0.460 e. The minimum absolute atomic E-state index is 0.00784. The molecule has 0 unspecified atom stereocenters. The lowest BCUT2D eigenvalue weighted by molar-refractivity contribution is -0.143. The molecule has 0 spiro atoms. The third kappa shape index (κ3) is 4.35. The Morgan fingerprint density at radius 3 is 2.67 bits per heavy atom. The number of hydrogen-bond donors (Lipinski definition) is 1. The quantitative estimate of drug-likeness (QED) is 0.626. The normalized spacial score (nSPS) is 10.6. The summed E-state index contributed by atoms with van der Waals surface area (Å²) < 4.78 is 15.8. The number of hydrogen-bond acceptors (Lipinski definition) is 7. The van der Waals surface area contributed by atoms with Gasteiger partial charge in [0.25, 0.3) is 5.91 Å². The number of ether oxygens (including phenoxy) is 2. The molecule has 0 bridgehead atoms. The van der Waals surface area contributed by atoms with Crippen molar-refractivity contribution in [2.45, 2.75) is 13.5 Å². The van der Waals surface area contributed by atoms with E-state index in [9.17, 15) is 14.4 Å². The molecule has 3 aromatic rings. The SMILES string of the molecule is CCOC(=O)c1oc2ccccc2c1COC(=O)CNC(=O)c1cccs1. The Labute approximate surface area is 158 Å². The van der Waals surface area contributed by atoms with E-state index in [1.165, 1.54) is 11.3 Å². The van der Waals surface area contributed by atoms with Gasteiger partial charge < -0.3 is 19.2 Å². The molecular formula is C19H17NO6S. The lowest BCUT2D eigenvalue weighted by Gasteiger charge is -2.06. The summed E-state index contributed by atoms with van der Waals surface area (Å²) in [5.74, 6) is -1.58. The highest BCUT2D eigenvalue weighted by Crippen LogP contribution is 2.27. The molecule has 0 aliphatic carbocycles. The van der Waals surface area contributed by atoms with Crippen molar-refractivity contribution < 1.29 is 28.3 Å². The molecular weight excluding hydrogens is 370 g/mol. The molecule has 0 aliphatic heterocycles. The Hall–Kier alpha value is -3.13. The first-order valence-electron chi connectivity index (χ1n) is 8.25. The molecule has 0 saturated carbocycles. The van der Waals surface area contributed by atoms with Gasteiger partial charge in [-0.2, -0.15) is 0 Å². The molecule has 0 aliphatic rings. The summed E-state index contributed by atoms with van der Waals surface area (Å²) in [6.45, 7) is 1.44. The smallest absolute Gasteiger partial charge is 0.374 e. The van der Waals surface area contributed by atoms with Crippen molar-refractivity contribution in [1.82, 2.24) is 5.32 Å². The predicted octanol–water partition coefficient (Wildman–Crippen LogP) is 3.14. The average molecular weight is 387 g/mol. The lowest BCUT2D eigenvalue weighted by atomic mass is 10.1. The molecule has 2 heterocycles. The van der Waals surface area contributed by atoms with Crippen LogP contribution in [0.3, 0.4) is 0 Å². The van der Waals surface area contributed by atoms with Crippen LogP contribution in [-0.4, -0.2) is 31.0 Å². The zero-order chi connectivity index (χ0) is 19.2. The van der Waals surface area contributed by atoms with Crippen molar-refractivity contribution in [2.24, 2.45) is 0 Å². The van der Waals surface area contributed by atoms with Crippen molar-refractivity contribution in [3.05, 3.63) is 58.0 Å². The number of carbonyl (C=O) groups is 3. The van der Waals surface area contributed by atoms with E-state index in [-0.39, 0.29) is 31.4 Å². The van der Waals surface area contributed by atoms with Gasteiger partial charge in [0.1, 0.15) is 18.7 Å². The summed E-state index contributed by atoms with van der Waals surface area (Å²) >= 11 is 1.28. The second-order valence-corrected chi connectivity index (χ2v) is 6.39. The van der Waals surface area contributed by atoms with E-state index in [0.29, 0.717) is 21.4 Å². The number of carbonyl (C=O) groups excluding carboxylic acids is 3. The highest BCUT2D eigenvalue weighted by atomic mass is 32.1. The van der Waals surface area contributed by atoms with Crippen molar-refractivity contribution >= 4 is 40.2 Å². The molecule has 0 radical (unpaired) electrons. The first kappa shape index (κ1) is 18.7. The molecule has 0 fully saturated rings. The van der Waals surface area contributed by atoms with Gasteiger partial charge >= 0.3 is 11.9 Å². The van der Waals surface area contributed by atoms with Crippen LogP contribution < -0.4 is 5.32 Å². The summed E-state index contributed by atoms with van der Waals surface area (Å²) in [6, 6.07) is 10.5. The number of benzene rings is 1. The van der Waals surface area contributed by atoms with E-state index >= 15 is 0 Å². The Balaban J connectivity index is 1.67. The van der Waals surface area contributed by atoms with Gasteiger partial charge in [0.15, 0.2) is 0 Å². The Morgan fingerprint density at radius 2 is 1.93 bits per heavy atom. The molecule has 1 N–H and O–H groups in total. The molecule has 27 heavy (non-hydrogen) atoms. The average Bonchev–Trinajstić information content (AvgIpc) is 3.32. The molecule has 140 valence electrons. The maximum atomic E-state index is 12.1. The number of thiophene rings is 1. The van der Waals surface area contributed by atoms with Crippen LogP contribution in [-0.2, 0) is 20.9 Å². The van der Waals surface area contributed by atoms with Gasteiger partial charge in [-0.25, -0.2) is 4.79 Å². The van der Waals surface area contributed by atoms with Gasteiger partial charge in [0.2, 0.25) is 5.76 Å². The summed E-state index contributed by atoms with van der Waals surface area (Å²) in [5.41, 5.74) is 0.930. The molecule has 1 amide bonds. The first-order chi connectivity index (χ1) is 13.1. The zero-order valence-corrected chi connectivity index (χ0v) is 15.3. The lowest BCUT2D eigenvalue weighted by Crippen LogP contribution is -2.30. The maximum Gasteiger partial charge on any atom is 0.374 e. The molecule has 1 aromatic carbocycles. The summed E-state index contributed by atoms with van der Waals surface area (Å²) in [5, 5.41) is 4.93. The van der Waals surface area contributed by atoms with E-state index < -0.39 is 11.9 Å². The van der Waals surface area contributed by atoms with E-state index in [4.69, 9.17) is 13.9 Å². The van der Waals surface area contributed by atoms with Crippen LogP contribution in [0.15, 0.2) is 46.2 Å². The summed E-state index contributed by atoms with van der Waals surface area (Å²) in [7, 11) is 0. The van der Waals surface area contributed by atoms with Crippen LogP contribution in [0.1, 0.15) is 32.7 Å². The summed E-state index contributed by atoms with van der Waals surface area (Å²) in [4.78, 5) is 36.4. The highest BCUT2D eigenvalue weighted by Gasteiger charge is 2.22. The number of fused-ring (bicyclic) bond motifs is 1. The van der Waals surface area contributed by atoms with E-state index in [2.05, 4.69) is 5.32 Å². The minimum atomic E-state index is -0.625. The largest absolute Gasteiger partial charge is 0.460 e. The van der Waals surface area contributed by atoms with Crippen LogP contribution in [0.2, 0.25) is 0 Å². The van der Waals surface area contributed by atoms with E-state index in [0.717, 1.165) is 0 Å². The zero-order valence-electron chi connectivity index (χ0n) is 14.5. The molecule has 8 heteroatoms. The molecule has 3 rings (SSSR count). The van der Waals surface area contributed by atoms with Gasteiger partial charge in [0.05, 0.1) is 17.0 Å². The monoisotopic (exact) mass is 387 g/mol. The number of nitrogens with one attached hydrogen (secondary N) is 1. The van der Waals surface area contributed by atoms with Crippen LogP contribution >= 0.6 is 11.3 Å². The molecule has 0 saturated heterocycles. The second kappa shape index (κ2) is 8.50. The van der Waals surface area contributed by atoms with Crippen LogP contribution in [0.25, 0.3) is 11.0 Å². The number of furan rings is 1. The summed E-state index contributed by atoms with van der Waals surface area (Å²) in [6.07, 6.45) is 0. The molecule has 7 nitrogen and oxygen atoms in total. The molecule has 2 aromatic heterocycles. The van der Waals surface area contributed by atoms with E-state index in [1.807, 2.05) is 0 Å². The Bertz CT molecular complexity index is 960. The fourth-order valence-electron chi connectivity index (χ4n) is 2.45. The molecule has 0 atom stereocenters. The topological polar surface area (TPSA) is 94.8 Å². The fourth-order valence-corrected chi connectivity index (χ4v) is 3.09. The standard InChI is InChI=1S/C19H17NO6S/c1-2-24-19(23)17-13(12-6-3-4-7-14(12)26-17)11-25-16(21)10-20-18(22)15-8-5-9-27-15/h3-9H,2,10-11H2,1H3,(H,20,22). The van der Waals surface area contributed by atoms with Gasteiger partial charge in [-0.15, -0.1) is 11.3 Å². The van der Waals surface area contributed by atoms with Gasteiger partial charge in [-0.05, 0) is 24.4 Å². The van der Waals surface area contributed by atoms with Gasteiger partial charge in [-0.3, -0.25) is 9.59 Å². The first-order valence-corrected chi connectivity index (χ1v) is 9.13. The Kier molecular flexibility index (Phi) is 5.87. The number of para-hydroxylation sites is 1. The number of esters is 2. The van der Waals surface area contributed by atoms with Crippen molar-refractivity contribution in [2.75, 3.05) is 13.2 Å². The van der Waals surface area contributed by atoms with Crippen molar-refractivity contribution in [3.8, 4) is 0 Å². The number of rotatable bonds is 7. The fraction of sp³-hybridized carbons (Fsp3) is 0.211. The third-order valence-electron chi connectivity index (χ3n) is 3.67. The van der Waals surface area contributed by atoms with Crippen molar-refractivity contribution in [3.63, 3.8) is 0 Å². The van der Waals surface area contributed by atoms with Crippen molar-refractivity contribution in [1.29, 1.82) is 0 Å². The van der Waals surface area contributed by atoms with E-state index in [1.54, 1.807) is 48.7 Å². The van der Waals surface area contributed by atoms with Crippen LogP contribution in [0.4, 0.5) is 0 Å². The maximum absolute atomic E-state index is 12.1. The third-order valence-corrected chi connectivity index (χ3v) is 4.54. The van der Waals surface area contributed by atoms with Crippen LogP contribution in [0, 0.1) is 0 Å². The second-order valence-electron chi connectivity index (χ2n) is 5.45. The van der Waals surface area contributed by atoms with Crippen LogP contribution in [0.5, 0.6) is 0 Å².